The number of hydrogen-bond acceptors (Lipinski definition) is 8. The zero-order chi connectivity index (χ0) is 21.1. The Bertz CT molecular complexity index is 1130. The Kier molecular flexibility index (Phi) is 5.36. The Balaban J connectivity index is 1.63. The number of aromatic nitrogens is 3. The molecule has 1 fully saturated rings. The summed E-state index contributed by atoms with van der Waals surface area (Å²) in [5.41, 5.74) is 2.15. The molecule has 0 atom stereocenters. The number of carbonyl (C=O) groups excluding carboxylic acids is 1. The van der Waals surface area contributed by atoms with Crippen LogP contribution in [-0.4, -0.2) is 66.2 Å². The second kappa shape index (κ2) is 8.26. The van der Waals surface area contributed by atoms with E-state index < -0.39 is 0 Å². The molecule has 0 unspecified atom stereocenters. The number of aromatic amines is 1. The van der Waals surface area contributed by atoms with Crippen molar-refractivity contribution in [1.29, 1.82) is 5.26 Å². The first-order valence-electron chi connectivity index (χ1n) is 9.43. The van der Waals surface area contributed by atoms with Crippen molar-refractivity contribution in [3.8, 4) is 11.8 Å². The molecule has 3 heterocycles. The fourth-order valence-corrected chi connectivity index (χ4v) is 3.35. The Labute approximate surface area is 172 Å². The van der Waals surface area contributed by atoms with E-state index in [4.69, 9.17) is 9.47 Å². The lowest BCUT2D eigenvalue weighted by Crippen LogP contribution is -2.40. The highest BCUT2D eigenvalue weighted by atomic mass is 16.5. The molecule has 0 saturated carbocycles. The number of morpholine rings is 1. The van der Waals surface area contributed by atoms with Crippen LogP contribution < -0.4 is 15.4 Å². The Morgan fingerprint density at radius 2 is 2.13 bits per heavy atom. The van der Waals surface area contributed by atoms with Gasteiger partial charge in [0.05, 0.1) is 37.0 Å². The number of fused-ring (bicyclic) bond motifs is 1. The summed E-state index contributed by atoms with van der Waals surface area (Å²) in [6.07, 6.45) is 1.59. The molecule has 0 aliphatic carbocycles. The van der Waals surface area contributed by atoms with Gasteiger partial charge in [-0.2, -0.15) is 15.2 Å². The number of anilines is 3. The summed E-state index contributed by atoms with van der Waals surface area (Å²) in [5.74, 6) is 1.28. The lowest BCUT2D eigenvalue weighted by Gasteiger charge is -2.27. The van der Waals surface area contributed by atoms with Gasteiger partial charge in [0.25, 0.3) is 5.91 Å². The molecule has 3 N–H and O–H groups in total. The van der Waals surface area contributed by atoms with Crippen molar-refractivity contribution in [2.45, 2.75) is 0 Å². The van der Waals surface area contributed by atoms with Crippen LogP contribution in [0.5, 0.6) is 5.75 Å². The van der Waals surface area contributed by atoms with Gasteiger partial charge in [-0.1, -0.05) is 0 Å². The highest BCUT2D eigenvalue weighted by molar-refractivity contribution is 5.96. The molecule has 0 radical (unpaired) electrons. The smallest absolute Gasteiger partial charge is 0.254 e. The van der Waals surface area contributed by atoms with Gasteiger partial charge in [0.2, 0.25) is 5.95 Å². The van der Waals surface area contributed by atoms with Crippen molar-refractivity contribution < 1.29 is 14.3 Å². The van der Waals surface area contributed by atoms with Gasteiger partial charge in [-0.15, -0.1) is 0 Å². The summed E-state index contributed by atoms with van der Waals surface area (Å²) >= 11 is 0. The fourth-order valence-electron chi connectivity index (χ4n) is 3.35. The van der Waals surface area contributed by atoms with Crippen LogP contribution in [0.1, 0.15) is 15.9 Å². The van der Waals surface area contributed by atoms with Gasteiger partial charge in [-0.3, -0.25) is 4.79 Å². The zero-order valence-electron chi connectivity index (χ0n) is 16.7. The maximum atomic E-state index is 12.7. The third-order valence-corrected chi connectivity index (χ3v) is 4.88. The average molecular weight is 407 g/mol. The predicted octanol–water partition coefficient (Wildman–Crippen LogP) is 2.10. The predicted molar refractivity (Wildman–Crippen MR) is 111 cm³/mol. The average Bonchev–Trinajstić information content (AvgIpc) is 3.22. The maximum Gasteiger partial charge on any atom is 0.254 e. The van der Waals surface area contributed by atoms with E-state index in [-0.39, 0.29) is 5.91 Å². The van der Waals surface area contributed by atoms with Crippen LogP contribution in [0.25, 0.3) is 11.0 Å². The molecule has 4 rings (SSSR count). The molecule has 2 aromatic heterocycles. The molecule has 154 valence electrons. The van der Waals surface area contributed by atoms with Gasteiger partial charge < -0.3 is 30.0 Å². The summed E-state index contributed by atoms with van der Waals surface area (Å²) in [4.78, 5) is 26.4. The van der Waals surface area contributed by atoms with Crippen molar-refractivity contribution in [3.63, 3.8) is 0 Å². The van der Waals surface area contributed by atoms with Crippen molar-refractivity contribution in [3.05, 3.63) is 35.5 Å². The van der Waals surface area contributed by atoms with Crippen molar-refractivity contribution in [2.24, 2.45) is 0 Å². The number of nitrogens with zero attached hydrogens (tertiary/aromatic N) is 4. The van der Waals surface area contributed by atoms with Crippen LogP contribution in [-0.2, 0) is 4.74 Å². The molecule has 0 spiro atoms. The van der Waals surface area contributed by atoms with E-state index in [1.165, 1.54) is 7.11 Å². The molecule has 10 nitrogen and oxygen atoms in total. The van der Waals surface area contributed by atoms with E-state index >= 15 is 0 Å². The van der Waals surface area contributed by atoms with Crippen LogP contribution in [0.4, 0.5) is 17.5 Å². The van der Waals surface area contributed by atoms with E-state index in [9.17, 15) is 10.1 Å². The third kappa shape index (κ3) is 3.58. The van der Waals surface area contributed by atoms with Crippen LogP contribution in [0.2, 0.25) is 0 Å². The number of amides is 1. The van der Waals surface area contributed by atoms with Gasteiger partial charge in [-0.25, -0.2) is 0 Å². The minimum atomic E-state index is -0.0614. The quantitative estimate of drug-likeness (QED) is 0.587. The summed E-state index contributed by atoms with van der Waals surface area (Å²) in [6.45, 7) is 2.23. The first-order valence-corrected chi connectivity index (χ1v) is 9.43. The highest BCUT2D eigenvalue weighted by Crippen LogP contribution is 2.30. The zero-order valence-corrected chi connectivity index (χ0v) is 16.7. The normalized spacial score (nSPS) is 13.7. The second-order valence-corrected chi connectivity index (χ2v) is 6.63. The standard InChI is InChI=1S/C20H21N7O3/c1-22-17-16-13(10-21)11-23-18(16)26-20(25-17)24-14-4-3-12(9-15(14)29-2)19(28)27-5-7-30-8-6-27/h3-4,9,11H,5-8H2,1-2H3,(H3,22,23,24,25,26). The largest absolute Gasteiger partial charge is 0.495 e. The Hall–Kier alpha value is -3.84. The number of carbonyl (C=O) groups is 1. The number of benzene rings is 1. The molecule has 1 saturated heterocycles. The van der Waals surface area contributed by atoms with Crippen LogP contribution >= 0.6 is 0 Å². The summed E-state index contributed by atoms with van der Waals surface area (Å²) in [6, 6.07) is 7.31. The van der Waals surface area contributed by atoms with E-state index in [2.05, 4.69) is 31.7 Å². The van der Waals surface area contributed by atoms with Gasteiger partial charge in [-0.05, 0) is 18.2 Å². The van der Waals surface area contributed by atoms with Crippen LogP contribution in [0, 0.1) is 11.3 Å². The number of rotatable bonds is 5. The minimum absolute atomic E-state index is 0.0614. The van der Waals surface area contributed by atoms with Gasteiger partial charge in [0.15, 0.2) is 0 Å². The molecule has 0 bridgehead atoms. The van der Waals surface area contributed by atoms with E-state index in [0.29, 0.717) is 71.7 Å². The fraction of sp³-hybridized carbons (Fsp3) is 0.300. The topological polar surface area (TPSA) is 128 Å². The number of nitrogens with one attached hydrogen (secondary N) is 3. The van der Waals surface area contributed by atoms with E-state index in [0.717, 1.165) is 0 Å². The number of hydrogen-bond donors (Lipinski definition) is 3. The Morgan fingerprint density at radius 3 is 2.83 bits per heavy atom. The van der Waals surface area contributed by atoms with Gasteiger partial charge in [0.1, 0.15) is 23.3 Å². The molecule has 1 aliphatic heterocycles. The van der Waals surface area contributed by atoms with E-state index in [1.54, 1.807) is 36.3 Å². The monoisotopic (exact) mass is 407 g/mol. The Morgan fingerprint density at radius 1 is 1.33 bits per heavy atom. The van der Waals surface area contributed by atoms with Gasteiger partial charge in [0, 0.05) is 31.9 Å². The number of nitriles is 1. The first kappa shape index (κ1) is 19.5. The first-order chi connectivity index (χ1) is 14.6. The van der Waals surface area contributed by atoms with Crippen molar-refractivity contribution >= 4 is 34.4 Å². The SMILES string of the molecule is CNc1nc(Nc2ccc(C(=O)N3CCOCC3)cc2OC)nc2[nH]cc(C#N)c12. The highest BCUT2D eigenvalue weighted by Gasteiger charge is 2.20. The summed E-state index contributed by atoms with van der Waals surface area (Å²) in [5, 5.41) is 16.0. The molecular weight excluding hydrogens is 386 g/mol. The molecular formula is C20H21N7O3. The number of ether oxygens (including phenoxy) is 2. The van der Waals surface area contributed by atoms with Crippen molar-refractivity contribution in [1.82, 2.24) is 19.9 Å². The number of H-pyrrole nitrogens is 1. The van der Waals surface area contributed by atoms with Gasteiger partial charge >= 0.3 is 0 Å². The second-order valence-electron chi connectivity index (χ2n) is 6.63. The lowest BCUT2D eigenvalue weighted by atomic mass is 10.1. The molecule has 10 heteroatoms. The molecule has 1 aromatic carbocycles. The molecule has 1 aliphatic rings. The summed E-state index contributed by atoms with van der Waals surface area (Å²) < 4.78 is 10.8. The van der Waals surface area contributed by atoms with Crippen molar-refractivity contribution in [2.75, 3.05) is 51.1 Å². The molecule has 1 amide bonds. The van der Waals surface area contributed by atoms with Crippen LogP contribution in [0.15, 0.2) is 24.4 Å². The lowest BCUT2D eigenvalue weighted by molar-refractivity contribution is 0.0302. The number of methoxy groups -OCH3 is 1. The third-order valence-electron chi connectivity index (χ3n) is 4.88. The molecule has 3 aromatic rings. The minimum Gasteiger partial charge on any atom is -0.495 e. The maximum absolute atomic E-state index is 12.7. The van der Waals surface area contributed by atoms with Crippen LogP contribution in [0.3, 0.4) is 0 Å². The summed E-state index contributed by atoms with van der Waals surface area (Å²) in [7, 11) is 3.27. The van der Waals surface area contributed by atoms with E-state index in [1.807, 2.05) is 0 Å². The molecule has 30 heavy (non-hydrogen) atoms.